The van der Waals surface area contributed by atoms with E-state index < -0.39 is 15.9 Å². The number of carbonyl (C=O) groups excluding carboxylic acids is 1. The molecule has 0 saturated heterocycles. The van der Waals surface area contributed by atoms with Gasteiger partial charge in [0.2, 0.25) is 5.91 Å². The SMILES string of the molecule is COc1ccc(S(=O)(=O)N(CC(=O)NC[C@H](C)c2ccccc2)c2ccc(C)cc2)cc1OC. The molecule has 1 N–H and O–H groups in total. The van der Waals surface area contributed by atoms with Crippen LogP contribution in [0.1, 0.15) is 24.0 Å². The molecule has 0 radical (unpaired) electrons. The Balaban J connectivity index is 1.87. The van der Waals surface area contributed by atoms with Gasteiger partial charge in [0.05, 0.1) is 24.8 Å². The van der Waals surface area contributed by atoms with Crippen molar-refractivity contribution in [2.45, 2.75) is 24.7 Å². The van der Waals surface area contributed by atoms with Crippen LogP contribution in [0.2, 0.25) is 0 Å². The second-order valence-corrected chi connectivity index (χ2v) is 9.84. The van der Waals surface area contributed by atoms with Gasteiger partial charge in [-0.05, 0) is 42.7 Å². The molecule has 8 heteroatoms. The largest absolute Gasteiger partial charge is 0.493 e. The summed E-state index contributed by atoms with van der Waals surface area (Å²) in [6, 6.07) is 21.2. The van der Waals surface area contributed by atoms with E-state index in [4.69, 9.17) is 9.47 Å². The second-order valence-electron chi connectivity index (χ2n) is 7.98. The zero-order valence-corrected chi connectivity index (χ0v) is 20.6. The second kappa shape index (κ2) is 11.1. The van der Waals surface area contributed by atoms with Gasteiger partial charge < -0.3 is 14.8 Å². The minimum Gasteiger partial charge on any atom is -0.493 e. The summed E-state index contributed by atoms with van der Waals surface area (Å²) in [6.45, 7) is 3.95. The number of ether oxygens (including phenoxy) is 2. The van der Waals surface area contributed by atoms with E-state index in [-0.39, 0.29) is 23.1 Å². The number of rotatable bonds is 10. The minimum absolute atomic E-state index is 0.00354. The number of anilines is 1. The van der Waals surface area contributed by atoms with E-state index in [9.17, 15) is 13.2 Å². The maximum absolute atomic E-state index is 13.6. The molecule has 0 aliphatic carbocycles. The molecule has 3 aromatic carbocycles. The van der Waals surface area contributed by atoms with Crippen LogP contribution in [0.15, 0.2) is 77.7 Å². The number of hydrogen-bond acceptors (Lipinski definition) is 5. The minimum atomic E-state index is -4.07. The van der Waals surface area contributed by atoms with Crippen molar-refractivity contribution in [1.82, 2.24) is 5.32 Å². The summed E-state index contributed by atoms with van der Waals surface area (Å²) < 4.78 is 38.9. The van der Waals surface area contributed by atoms with Gasteiger partial charge in [-0.2, -0.15) is 0 Å². The summed E-state index contributed by atoms with van der Waals surface area (Å²) in [5, 5.41) is 2.87. The molecule has 0 aromatic heterocycles. The first-order valence-corrected chi connectivity index (χ1v) is 12.3. The highest BCUT2D eigenvalue weighted by Crippen LogP contribution is 2.32. The molecule has 0 aliphatic rings. The van der Waals surface area contributed by atoms with E-state index in [0.717, 1.165) is 15.4 Å². The molecule has 1 amide bonds. The highest BCUT2D eigenvalue weighted by molar-refractivity contribution is 7.92. The molecule has 0 unspecified atom stereocenters. The van der Waals surface area contributed by atoms with Crippen LogP contribution in [0.4, 0.5) is 5.69 Å². The maximum atomic E-state index is 13.6. The van der Waals surface area contributed by atoms with Crippen LogP contribution in [0.25, 0.3) is 0 Å². The Morgan fingerprint density at radius 1 is 0.941 bits per heavy atom. The molecule has 0 bridgehead atoms. The number of nitrogens with one attached hydrogen (secondary N) is 1. The number of sulfonamides is 1. The fourth-order valence-electron chi connectivity index (χ4n) is 3.48. The Kier molecular flexibility index (Phi) is 8.17. The van der Waals surface area contributed by atoms with Gasteiger partial charge in [-0.25, -0.2) is 8.42 Å². The van der Waals surface area contributed by atoms with Crippen LogP contribution in [0, 0.1) is 6.92 Å². The van der Waals surface area contributed by atoms with Crippen molar-refractivity contribution in [3.8, 4) is 11.5 Å². The lowest BCUT2D eigenvalue weighted by Crippen LogP contribution is -2.41. The first-order valence-electron chi connectivity index (χ1n) is 10.9. The molecule has 1 atom stereocenters. The molecule has 0 fully saturated rings. The summed E-state index contributed by atoms with van der Waals surface area (Å²) in [5.74, 6) is 0.386. The van der Waals surface area contributed by atoms with E-state index in [2.05, 4.69) is 5.32 Å². The van der Waals surface area contributed by atoms with Crippen molar-refractivity contribution in [1.29, 1.82) is 0 Å². The molecule has 0 spiro atoms. The number of carbonyl (C=O) groups is 1. The van der Waals surface area contributed by atoms with Gasteiger partial charge >= 0.3 is 0 Å². The van der Waals surface area contributed by atoms with Gasteiger partial charge in [-0.3, -0.25) is 9.10 Å². The van der Waals surface area contributed by atoms with Crippen molar-refractivity contribution < 1.29 is 22.7 Å². The Bertz CT molecular complexity index is 1210. The Hall–Kier alpha value is -3.52. The van der Waals surface area contributed by atoms with Crippen molar-refractivity contribution in [3.05, 3.63) is 83.9 Å². The summed E-state index contributed by atoms with van der Waals surface area (Å²) >= 11 is 0. The average Bonchev–Trinajstić information content (AvgIpc) is 2.86. The summed E-state index contributed by atoms with van der Waals surface area (Å²) in [4.78, 5) is 12.9. The predicted octanol–water partition coefficient (Wildman–Crippen LogP) is 4.13. The fraction of sp³-hybridized carbons (Fsp3) is 0.269. The van der Waals surface area contributed by atoms with Crippen molar-refractivity contribution in [2.24, 2.45) is 0 Å². The zero-order valence-electron chi connectivity index (χ0n) is 19.8. The average molecular weight is 483 g/mol. The van der Waals surface area contributed by atoms with E-state index in [1.807, 2.05) is 56.3 Å². The third-order valence-corrected chi connectivity index (χ3v) is 7.30. The van der Waals surface area contributed by atoms with Gasteiger partial charge in [0, 0.05) is 12.6 Å². The first kappa shape index (κ1) is 25.1. The molecular weight excluding hydrogens is 452 g/mol. The van der Waals surface area contributed by atoms with Crippen LogP contribution in [0.3, 0.4) is 0 Å². The number of aryl methyl sites for hydroxylation is 1. The normalized spacial score (nSPS) is 12.0. The molecule has 0 saturated carbocycles. The van der Waals surface area contributed by atoms with Crippen molar-refractivity contribution >= 4 is 21.6 Å². The standard InChI is InChI=1S/C26H30N2O5S/c1-19-10-12-22(13-11-19)28(18-26(29)27-17-20(2)21-8-6-5-7-9-21)34(30,31)23-14-15-24(32-3)25(16-23)33-4/h5-16,20H,17-18H2,1-4H3,(H,27,29)/t20-/m0/s1. The monoisotopic (exact) mass is 482 g/mol. The third kappa shape index (κ3) is 5.88. The molecular formula is C26H30N2O5S. The van der Waals surface area contributed by atoms with Crippen LogP contribution >= 0.6 is 0 Å². The lowest BCUT2D eigenvalue weighted by molar-refractivity contribution is -0.119. The molecule has 3 rings (SSSR count). The van der Waals surface area contributed by atoms with Gasteiger partial charge in [-0.1, -0.05) is 55.0 Å². The topological polar surface area (TPSA) is 84.9 Å². The van der Waals surface area contributed by atoms with E-state index in [1.54, 1.807) is 12.1 Å². The number of nitrogens with zero attached hydrogens (tertiary/aromatic N) is 1. The Morgan fingerprint density at radius 2 is 1.59 bits per heavy atom. The van der Waals surface area contributed by atoms with Gasteiger partial charge in [0.1, 0.15) is 6.54 Å². The van der Waals surface area contributed by atoms with Crippen LogP contribution < -0.4 is 19.1 Å². The molecule has 0 heterocycles. The molecule has 7 nitrogen and oxygen atoms in total. The third-order valence-electron chi connectivity index (χ3n) is 5.53. The van der Waals surface area contributed by atoms with Gasteiger partial charge in [-0.15, -0.1) is 0 Å². The van der Waals surface area contributed by atoms with Crippen LogP contribution in [-0.4, -0.2) is 41.6 Å². The Morgan fingerprint density at radius 3 is 2.21 bits per heavy atom. The summed E-state index contributed by atoms with van der Waals surface area (Å²) in [5.41, 5.74) is 2.47. The maximum Gasteiger partial charge on any atom is 0.264 e. The van der Waals surface area contributed by atoms with Gasteiger partial charge in [0.15, 0.2) is 11.5 Å². The van der Waals surface area contributed by atoms with Crippen molar-refractivity contribution in [2.75, 3.05) is 31.6 Å². The van der Waals surface area contributed by atoms with Crippen LogP contribution in [0.5, 0.6) is 11.5 Å². The van der Waals surface area contributed by atoms with Crippen molar-refractivity contribution in [3.63, 3.8) is 0 Å². The van der Waals surface area contributed by atoms with E-state index in [0.29, 0.717) is 18.0 Å². The highest BCUT2D eigenvalue weighted by Gasteiger charge is 2.28. The fourth-order valence-corrected chi connectivity index (χ4v) is 4.92. The number of methoxy groups -OCH3 is 2. The number of amides is 1. The summed E-state index contributed by atoms with van der Waals surface area (Å²) in [7, 11) is -1.16. The van der Waals surface area contributed by atoms with Gasteiger partial charge in [0.25, 0.3) is 10.0 Å². The summed E-state index contributed by atoms with van der Waals surface area (Å²) in [6.07, 6.45) is 0. The zero-order chi connectivity index (χ0) is 24.7. The quantitative estimate of drug-likeness (QED) is 0.470. The molecule has 180 valence electrons. The lowest BCUT2D eigenvalue weighted by atomic mass is 10.0. The first-order chi connectivity index (χ1) is 16.3. The smallest absolute Gasteiger partial charge is 0.264 e. The predicted molar refractivity (Wildman–Crippen MR) is 133 cm³/mol. The Labute approximate surface area is 201 Å². The lowest BCUT2D eigenvalue weighted by Gasteiger charge is -2.25. The highest BCUT2D eigenvalue weighted by atomic mass is 32.2. The molecule has 0 aliphatic heterocycles. The van der Waals surface area contributed by atoms with E-state index in [1.165, 1.54) is 32.4 Å². The molecule has 34 heavy (non-hydrogen) atoms. The number of hydrogen-bond donors (Lipinski definition) is 1. The van der Waals surface area contributed by atoms with E-state index >= 15 is 0 Å². The van der Waals surface area contributed by atoms with Crippen LogP contribution in [-0.2, 0) is 14.8 Å². The molecule has 3 aromatic rings. The number of benzene rings is 3.